The van der Waals surface area contributed by atoms with Crippen LogP contribution in [0.1, 0.15) is 21.5 Å². The van der Waals surface area contributed by atoms with Crippen LogP contribution in [0.25, 0.3) is 0 Å². The fraction of sp³-hybridized carbons (Fsp3) is 0.176. The van der Waals surface area contributed by atoms with E-state index < -0.39 is 11.9 Å². The molecular weight excluding hydrogens is 304 g/mol. The van der Waals surface area contributed by atoms with Gasteiger partial charge in [-0.3, -0.25) is 4.79 Å². The Morgan fingerprint density at radius 2 is 1.55 bits per heavy atom. The summed E-state index contributed by atoms with van der Waals surface area (Å²) in [4.78, 5) is 23.0. The van der Waals surface area contributed by atoms with E-state index in [9.17, 15) is 9.59 Å². The number of benzene rings is 2. The van der Waals surface area contributed by atoms with Gasteiger partial charge in [-0.15, -0.1) is 11.6 Å². The van der Waals surface area contributed by atoms with Crippen LogP contribution in [0.15, 0.2) is 54.6 Å². The lowest BCUT2D eigenvalue weighted by atomic mass is 10.1. The maximum absolute atomic E-state index is 12.0. The van der Waals surface area contributed by atoms with Crippen molar-refractivity contribution >= 4 is 23.5 Å². The fourth-order valence-corrected chi connectivity index (χ4v) is 1.87. The van der Waals surface area contributed by atoms with Crippen molar-refractivity contribution in [3.05, 3.63) is 71.3 Å². The number of halogens is 1. The smallest absolute Gasteiger partial charge is 0.338 e. The third kappa shape index (κ3) is 4.90. The maximum atomic E-state index is 12.0. The molecule has 0 aliphatic carbocycles. The van der Waals surface area contributed by atoms with Gasteiger partial charge in [-0.1, -0.05) is 42.5 Å². The summed E-state index contributed by atoms with van der Waals surface area (Å²) in [5, 5.41) is 0. The van der Waals surface area contributed by atoms with Crippen LogP contribution in [0.2, 0.25) is 0 Å². The molecule has 114 valence electrons. The molecule has 0 heterocycles. The molecule has 2 rings (SSSR count). The standard InChI is InChI=1S/C17H15ClO4/c18-10-16(19)21-12-14-7-4-8-15(9-14)17(20)22-11-13-5-2-1-3-6-13/h1-9H,10-12H2. The molecule has 0 saturated heterocycles. The molecule has 0 radical (unpaired) electrons. The summed E-state index contributed by atoms with van der Waals surface area (Å²) >= 11 is 5.35. The molecule has 0 N–H and O–H groups in total. The van der Waals surface area contributed by atoms with Gasteiger partial charge in [-0.2, -0.15) is 0 Å². The molecule has 0 aliphatic rings. The molecule has 2 aromatic rings. The van der Waals surface area contributed by atoms with E-state index in [1.54, 1.807) is 24.3 Å². The number of alkyl halides is 1. The molecule has 0 bridgehead atoms. The van der Waals surface area contributed by atoms with Crippen LogP contribution in [0, 0.1) is 0 Å². The Kier molecular flexibility index (Phi) is 5.98. The minimum Gasteiger partial charge on any atom is -0.460 e. The number of carbonyl (C=O) groups is 2. The van der Waals surface area contributed by atoms with E-state index in [-0.39, 0.29) is 19.1 Å². The molecule has 0 atom stereocenters. The molecule has 0 spiro atoms. The molecule has 2 aromatic carbocycles. The topological polar surface area (TPSA) is 52.6 Å². The number of carbonyl (C=O) groups excluding carboxylic acids is 2. The second kappa shape index (κ2) is 8.20. The average molecular weight is 319 g/mol. The van der Waals surface area contributed by atoms with Crippen LogP contribution >= 0.6 is 11.6 Å². The molecule has 0 unspecified atom stereocenters. The van der Waals surface area contributed by atoms with Crippen molar-refractivity contribution in [2.24, 2.45) is 0 Å². The minimum absolute atomic E-state index is 0.0748. The third-order valence-corrected chi connectivity index (χ3v) is 3.10. The Morgan fingerprint density at radius 3 is 2.27 bits per heavy atom. The van der Waals surface area contributed by atoms with Gasteiger partial charge in [0.25, 0.3) is 0 Å². The Morgan fingerprint density at radius 1 is 0.864 bits per heavy atom. The number of hydrogen-bond acceptors (Lipinski definition) is 4. The normalized spacial score (nSPS) is 10.0. The van der Waals surface area contributed by atoms with E-state index in [0.29, 0.717) is 11.1 Å². The van der Waals surface area contributed by atoms with Gasteiger partial charge in [0.1, 0.15) is 19.1 Å². The molecular formula is C17H15ClO4. The van der Waals surface area contributed by atoms with Crippen molar-refractivity contribution < 1.29 is 19.1 Å². The summed E-state index contributed by atoms with van der Waals surface area (Å²) < 4.78 is 10.2. The molecule has 0 fully saturated rings. The average Bonchev–Trinajstić information content (AvgIpc) is 2.58. The van der Waals surface area contributed by atoms with Gasteiger partial charge in [0.05, 0.1) is 5.56 Å². The van der Waals surface area contributed by atoms with Crippen molar-refractivity contribution in [3.8, 4) is 0 Å². The fourth-order valence-electron chi connectivity index (χ4n) is 1.80. The van der Waals surface area contributed by atoms with Gasteiger partial charge in [0.2, 0.25) is 0 Å². The van der Waals surface area contributed by atoms with Crippen molar-refractivity contribution in [2.75, 3.05) is 5.88 Å². The summed E-state index contributed by atoms with van der Waals surface area (Å²) in [7, 11) is 0. The third-order valence-electron chi connectivity index (χ3n) is 2.88. The van der Waals surface area contributed by atoms with Gasteiger partial charge >= 0.3 is 11.9 Å². The van der Waals surface area contributed by atoms with Crippen LogP contribution in [0.3, 0.4) is 0 Å². The largest absolute Gasteiger partial charge is 0.460 e. The molecule has 5 heteroatoms. The zero-order valence-corrected chi connectivity index (χ0v) is 12.6. The first kappa shape index (κ1) is 16.0. The maximum Gasteiger partial charge on any atom is 0.338 e. The van der Waals surface area contributed by atoms with Crippen molar-refractivity contribution in [1.29, 1.82) is 0 Å². The Bertz CT molecular complexity index is 640. The Labute approximate surface area is 133 Å². The predicted molar refractivity (Wildman–Crippen MR) is 82.5 cm³/mol. The SMILES string of the molecule is O=C(CCl)OCc1cccc(C(=O)OCc2ccccc2)c1. The first-order valence-electron chi connectivity index (χ1n) is 6.70. The van der Waals surface area contributed by atoms with E-state index in [1.165, 1.54) is 0 Å². The van der Waals surface area contributed by atoms with Crippen LogP contribution in [-0.2, 0) is 27.5 Å². The zero-order chi connectivity index (χ0) is 15.8. The lowest BCUT2D eigenvalue weighted by Crippen LogP contribution is -2.08. The lowest BCUT2D eigenvalue weighted by molar-refractivity contribution is -0.141. The molecule has 4 nitrogen and oxygen atoms in total. The predicted octanol–water partition coefficient (Wildman–Crippen LogP) is 3.33. The van der Waals surface area contributed by atoms with Crippen molar-refractivity contribution in [1.82, 2.24) is 0 Å². The minimum atomic E-state index is -0.501. The second-order valence-corrected chi connectivity index (χ2v) is 4.82. The highest BCUT2D eigenvalue weighted by Gasteiger charge is 2.09. The highest BCUT2D eigenvalue weighted by Crippen LogP contribution is 2.10. The Balaban J connectivity index is 1.93. The van der Waals surface area contributed by atoms with Crippen LogP contribution in [0.5, 0.6) is 0 Å². The van der Waals surface area contributed by atoms with E-state index in [1.807, 2.05) is 30.3 Å². The van der Waals surface area contributed by atoms with E-state index in [4.69, 9.17) is 21.1 Å². The summed E-state index contributed by atoms with van der Waals surface area (Å²) in [5.74, 6) is -1.12. The summed E-state index contributed by atoms with van der Waals surface area (Å²) in [5.41, 5.74) is 2.03. The first-order chi connectivity index (χ1) is 10.7. The van der Waals surface area contributed by atoms with Gasteiger partial charge < -0.3 is 9.47 Å². The highest BCUT2D eigenvalue weighted by atomic mass is 35.5. The van der Waals surface area contributed by atoms with E-state index in [2.05, 4.69) is 0 Å². The summed E-state index contributed by atoms with van der Waals surface area (Å²) in [6, 6.07) is 16.2. The quantitative estimate of drug-likeness (QED) is 0.605. The van der Waals surface area contributed by atoms with Crippen LogP contribution < -0.4 is 0 Å². The van der Waals surface area contributed by atoms with Crippen LogP contribution in [0.4, 0.5) is 0 Å². The first-order valence-corrected chi connectivity index (χ1v) is 7.24. The molecule has 0 aromatic heterocycles. The van der Waals surface area contributed by atoms with Gasteiger partial charge in [0.15, 0.2) is 0 Å². The lowest BCUT2D eigenvalue weighted by Gasteiger charge is -2.07. The Hall–Kier alpha value is -2.33. The molecule has 0 aliphatic heterocycles. The monoisotopic (exact) mass is 318 g/mol. The highest BCUT2D eigenvalue weighted by molar-refractivity contribution is 6.26. The number of esters is 2. The summed E-state index contributed by atoms with van der Waals surface area (Å²) in [6.07, 6.45) is 0. The molecule has 22 heavy (non-hydrogen) atoms. The molecule has 0 saturated carbocycles. The van der Waals surface area contributed by atoms with Gasteiger partial charge in [0, 0.05) is 0 Å². The number of rotatable bonds is 6. The van der Waals surface area contributed by atoms with Crippen LogP contribution in [-0.4, -0.2) is 17.8 Å². The summed E-state index contributed by atoms with van der Waals surface area (Å²) in [6.45, 7) is 0.288. The van der Waals surface area contributed by atoms with Crippen molar-refractivity contribution in [2.45, 2.75) is 13.2 Å². The van der Waals surface area contributed by atoms with Crippen molar-refractivity contribution in [3.63, 3.8) is 0 Å². The zero-order valence-electron chi connectivity index (χ0n) is 11.8. The van der Waals surface area contributed by atoms with Gasteiger partial charge in [-0.05, 0) is 23.3 Å². The van der Waals surface area contributed by atoms with Gasteiger partial charge in [-0.25, -0.2) is 4.79 Å². The van der Waals surface area contributed by atoms with E-state index >= 15 is 0 Å². The number of ether oxygens (including phenoxy) is 2. The van der Waals surface area contributed by atoms with E-state index in [0.717, 1.165) is 5.56 Å². The second-order valence-electron chi connectivity index (χ2n) is 4.56. The number of hydrogen-bond donors (Lipinski definition) is 0. The molecule has 0 amide bonds.